The molecule has 1 aliphatic heterocycles. The molecule has 9 heteroatoms. The molecule has 34 heavy (non-hydrogen) atoms. The van der Waals surface area contributed by atoms with Gasteiger partial charge in [-0.2, -0.15) is 0 Å². The molecule has 0 atom stereocenters. The zero-order chi connectivity index (χ0) is 24.3. The Labute approximate surface area is 198 Å². The zero-order valence-corrected chi connectivity index (χ0v) is 19.2. The average Bonchev–Trinajstić information content (AvgIpc) is 2.81. The molecule has 3 rings (SSSR count). The third-order valence-electron chi connectivity index (χ3n) is 5.20. The van der Waals surface area contributed by atoms with Crippen LogP contribution in [0.25, 0.3) is 6.08 Å². The van der Waals surface area contributed by atoms with Gasteiger partial charge in [0.05, 0.1) is 18.0 Å². The standard InChI is InChI=1S/C25H29N3O6/c1-2-33-22-16-20(14-19-15-21(28(31)32)17-34-25(19)22)27-23(29)11-7-4-8-12-26-24(30)13-18-9-5-3-6-10-18/h3,5-6,9-10,14-16H,2,4,7-8,11-13,17H2,1H3,(H,26,30)(H,27,29). The summed E-state index contributed by atoms with van der Waals surface area (Å²) in [5.41, 5.74) is 1.90. The van der Waals surface area contributed by atoms with Crippen LogP contribution < -0.4 is 20.1 Å². The third-order valence-corrected chi connectivity index (χ3v) is 5.20. The molecule has 0 radical (unpaired) electrons. The Hall–Kier alpha value is -3.88. The first-order chi connectivity index (χ1) is 16.5. The maximum absolute atomic E-state index is 12.4. The van der Waals surface area contributed by atoms with Gasteiger partial charge >= 0.3 is 0 Å². The number of ether oxygens (including phenoxy) is 2. The van der Waals surface area contributed by atoms with Crippen molar-refractivity contribution < 1.29 is 24.0 Å². The number of carbonyl (C=O) groups excluding carboxylic acids is 2. The van der Waals surface area contributed by atoms with Crippen LogP contribution in [0.3, 0.4) is 0 Å². The molecule has 0 fully saturated rings. The van der Waals surface area contributed by atoms with Gasteiger partial charge in [0.1, 0.15) is 0 Å². The summed E-state index contributed by atoms with van der Waals surface area (Å²) < 4.78 is 11.1. The Morgan fingerprint density at radius 2 is 1.91 bits per heavy atom. The summed E-state index contributed by atoms with van der Waals surface area (Å²) in [6.45, 7) is 2.64. The van der Waals surface area contributed by atoms with Crippen molar-refractivity contribution in [2.24, 2.45) is 0 Å². The highest BCUT2D eigenvalue weighted by Gasteiger charge is 2.24. The largest absolute Gasteiger partial charge is 0.490 e. The summed E-state index contributed by atoms with van der Waals surface area (Å²) >= 11 is 0. The topological polar surface area (TPSA) is 120 Å². The van der Waals surface area contributed by atoms with E-state index in [1.165, 1.54) is 6.08 Å². The molecule has 2 N–H and O–H groups in total. The molecule has 0 saturated heterocycles. The van der Waals surface area contributed by atoms with E-state index >= 15 is 0 Å². The highest BCUT2D eigenvalue weighted by atomic mass is 16.6. The van der Waals surface area contributed by atoms with E-state index in [0.29, 0.717) is 55.2 Å². The van der Waals surface area contributed by atoms with Crippen molar-refractivity contribution in [2.75, 3.05) is 25.1 Å². The molecule has 1 heterocycles. The molecule has 0 saturated carbocycles. The van der Waals surface area contributed by atoms with E-state index < -0.39 is 4.92 Å². The van der Waals surface area contributed by atoms with Crippen molar-refractivity contribution in [3.05, 3.63) is 69.4 Å². The molecule has 1 aliphatic rings. The fourth-order valence-electron chi connectivity index (χ4n) is 3.58. The third kappa shape index (κ3) is 7.33. The first-order valence-electron chi connectivity index (χ1n) is 11.4. The molecule has 0 aromatic heterocycles. The number of amides is 2. The van der Waals surface area contributed by atoms with Crippen LogP contribution in [-0.2, 0) is 16.0 Å². The Bertz CT molecular complexity index is 1050. The fourth-order valence-corrected chi connectivity index (χ4v) is 3.58. The summed E-state index contributed by atoms with van der Waals surface area (Å²) in [5.74, 6) is 0.686. The first kappa shape index (κ1) is 24.8. The molecule has 0 bridgehead atoms. The molecule has 9 nitrogen and oxygen atoms in total. The summed E-state index contributed by atoms with van der Waals surface area (Å²) in [5, 5.41) is 16.8. The lowest BCUT2D eigenvalue weighted by Crippen LogP contribution is -2.26. The van der Waals surface area contributed by atoms with Gasteiger partial charge in [-0.15, -0.1) is 0 Å². The molecule has 0 unspecified atom stereocenters. The minimum absolute atomic E-state index is 0.0141. The van der Waals surface area contributed by atoms with Crippen molar-refractivity contribution in [3.63, 3.8) is 0 Å². The van der Waals surface area contributed by atoms with Crippen LogP contribution in [0, 0.1) is 10.1 Å². The van der Waals surface area contributed by atoms with Crippen molar-refractivity contribution in [1.82, 2.24) is 5.32 Å². The maximum Gasteiger partial charge on any atom is 0.284 e. The number of hydrogen-bond acceptors (Lipinski definition) is 6. The zero-order valence-electron chi connectivity index (χ0n) is 19.2. The van der Waals surface area contributed by atoms with Gasteiger partial charge in [0.15, 0.2) is 18.1 Å². The van der Waals surface area contributed by atoms with E-state index in [2.05, 4.69) is 10.6 Å². The average molecular weight is 468 g/mol. The van der Waals surface area contributed by atoms with E-state index in [9.17, 15) is 19.7 Å². The number of nitro groups is 1. The van der Waals surface area contributed by atoms with Gasteiger partial charge in [0.2, 0.25) is 11.8 Å². The van der Waals surface area contributed by atoms with E-state index in [1.807, 2.05) is 37.3 Å². The predicted octanol–water partition coefficient (Wildman–Crippen LogP) is 3.95. The number of fused-ring (bicyclic) bond motifs is 1. The normalized spacial score (nSPS) is 12.1. The van der Waals surface area contributed by atoms with Gasteiger partial charge in [-0.1, -0.05) is 36.8 Å². The van der Waals surface area contributed by atoms with Gasteiger partial charge in [0, 0.05) is 36.4 Å². The number of unbranched alkanes of at least 4 members (excludes halogenated alkanes) is 2. The fraction of sp³-hybridized carbons (Fsp3) is 0.360. The Balaban J connectivity index is 1.43. The Kier molecular flexibility index (Phi) is 9.02. The summed E-state index contributed by atoms with van der Waals surface area (Å²) in [7, 11) is 0. The Morgan fingerprint density at radius 1 is 1.12 bits per heavy atom. The van der Waals surface area contributed by atoms with Gasteiger partial charge in [0.25, 0.3) is 5.70 Å². The first-order valence-corrected chi connectivity index (χ1v) is 11.4. The second-order valence-electron chi connectivity index (χ2n) is 7.88. The van der Waals surface area contributed by atoms with Crippen LogP contribution in [0.1, 0.15) is 43.7 Å². The molecular weight excluding hydrogens is 438 g/mol. The second-order valence-corrected chi connectivity index (χ2v) is 7.88. The van der Waals surface area contributed by atoms with Crippen molar-refractivity contribution in [2.45, 2.75) is 39.0 Å². The van der Waals surface area contributed by atoms with Crippen LogP contribution >= 0.6 is 0 Å². The Morgan fingerprint density at radius 3 is 2.65 bits per heavy atom. The van der Waals surface area contributed by atoms with Crippen LogP contribution in [0.15, 0.2) is 48.2 Å². The quantitative estimate of drug-likeness (QED) is 0.277. The second kappa shape index (κ2) is 12.4. The van der Waals surface area contributed by atoms with Gasteiger partial charge in [-0.3, -0.25) is 19.7 Å². The lowest BCUT2D eigenvalue weighted by Gasteiger charge is -2.19. The summed E-state index contributed by atoms with van der Waals surface area (Å²) in [4.78, 5) is 34.9. The molecule has 180 valence electrons. The van der Waals surface area contributed by atoms with E-state index in [-0.39, 0.29) is 24.1 Å². The number of hydrogen-bond donors (Lipinski definition) is 2. The minimum atomic E-state index is -0.487. The van der Waals surface area contributed by atoms with Gasteiger partial charge in [-0.05, 0) is 31.4 Å². The SMILES string of the molecule is CCOc1cc(NC(=O)CCCCCNC(=O)Cc2ccccc2)cc2c1OCC([N+](=O)[O-])=C2. The number of rotatable bonds is 12. The number of benzene rings is 2. The summed E-state index contributed by atoms with van der Waals surface area (Å²) in [6.07, 6.45) is 4.38. The van der Waals surface area contributed by atoms with E-state index in [1.54, 1.807) is 12.1 Å². The van der Waals surface area contributed by atoms with Crippen LogP contribution in [-0.4, -0.2) is 36.5 Å². The van der Waals surface area contributed by atoms with Gasteiger partial charge < -0.3 is 20.1 Å². The number of anilines is 1. The van der Waals surface area contributed by atoms with Crippen LogP contribution in [0.2, 0.25) is 0 Å². The predicted molar refractivity (Wildman–Crippen MR) is 128 cm³/mol. The highest BCUT2D eigenvalue weighted by molar-refractivity contribution is 5.91. The van der Waals surface area contributed by atoms with Crippen LogP contribution in [0.4, 0.5) is 5.69 Å². The number of carbonyl (C=O) groups is 2. The molecule has 2 aromatic carbocycles. The monoisotopic (exact) mass is 467 g/mol. The van der Waals surface area contributed by atoms with Crippen molar-refractivity contribution >= 4 is 23.6 Å². The molecule has 2 aromatic rings. The molecular formula is C25H29N3O6. The van der Waals surface area contributed by atoms with Gasteiger partial charge in [-0.25, -0.2) is 0 Å². The maximum atomic E-state index is 12.4. The van der Waals surface area contributed by atoms with Crippen molar-refractivity contribution in [1.29, 1.82) is 0 Å². The lowest BCUT2D eigenvalue weighted by molar-refractivity contribution is -0.427. The minimum Gasteiger partial charge on any atom is -0.490 e. The van der Waals surface area contributed by atoms with E-state index in [4.69, 9.17) is 9.47 Å². The van der Waals surface area contributed by atoms with Crippen LogP contribution in [0.5, 0.6) is 11.5 Å². The van der Waals surface area contributed by atoms with E-state index in [0.717, 1.165) is 18.4 Å². The lowest BCUT2D eigenvalue weighted by atomic mass is 10.1. The summed E-state index contributed by atoms with van der Waals surface area (Å²) in [6, 6.07) is 12.9. The molecule has 0 spiro atoms. The van der Waals surface area contributed by atoms with Crippen molar-refractivity contribution in [3.8, 4) is 11.5 Å². The smallest absolute Gasteiger partial charge is 0.284 e. The molecule has 0 aliphatic carbocycles. The highest BCUT2D eigenvalue weighted by Crippen LogP contribution is 2.39. The number of nitrogens with zero attached hydrogens (tertiary/aromatic N) is 1. The number of nitrogens with one attached hydrogen (secondary N) is 2. The molecule has 2 amide bonds.